The summed E-state index contributed by atoms with van der Waals surface area (Å²) in [7, 11) is 2.03. The van der Waals surface area contributed by atoms with Crippen molar-refractivity contribution < 1.29 is 4.42 Å². The molecule has 0 radical (unpaired) electrons. The number of rotatable bonds is 3. The molecule has 0 aliphatic rings. The maximum absolute atomic E-state index is 5.65. The standard InChI is InChI=1S/C13H16N2O/c1-10-3-8-13(16-10)9-15(2)12-6-4-11(14)5-7-12/h3-8H,9,14H2,1-2H3. The summed E-state index contributed by atoms with van der Waals surface area (Å²) in [5.41, 5.74) is 7.56. The lowest BCUT2D eigenvalue weighted by Gasteiger charge is -2.17. The first-order valence-corrected chi connectivity index (χ1v) is 5.27. The maximum Gasteiger partial charge on any atom is 0.123 e. The molecule has 0 bridgehead atoms. The van der Waals surface area contributed by atoms with Gasteiger partial charge in [0.05, 0.1) is 6.54 Å². The molecule has 84 valence electrons. The molecule has 3 heteroatoms. The Morgan fingerprint density at radius 2 is 1.81 bits per heavy atom. The molecule has 0 saturated carbocycles. The van der Waals surface area contributed by atoms with E-state index < -0.39 is 0 Å². The average Bonchev–Trinajstić information content (AvgIpc) is 2.65. The second kappa shape index (κ2) is 4.31. The fourth-order valence-corrected chi connectivity index (χ4v) is 1.62. The minimum Gasteiger partial charge on any atom is -0.464 e. The minimum absolute atomic E-state index is 0.762. The third kappa shape index (κ3) is 2.37. The largest absolute Gasteiger partial charge is 0.464 e. The van der Waals surface area contributed by atoms with Crippen LogP contribution >= 0.6 is 0 Å². The first-order valence-electron chi connectivity index (χ1n) is 5.27. The van der Waals surface area contributed by atoms with Gasteiger partial charge in [0.1, 0.15) is 11.5 Å². The van der Waals surface area contributed by atoms with E-state index >= 15 is 0 Å². The van der Waals surface area contributed by atoms with E-state index in [1.807, 2.05) is 50.4 Å². The van der Waals surface area contributed by atoms with Gasteiger partial charge in [0.15, 0.2) is 0 Å². The molecule has 0 fully saturated rings. The summed E-state index contributed by atoms with van der Waals surface area (Å²) in [5, 5.41) is 0. The van der Waals surface area contributed by atoms with Crippen molar-refractivity contribution in [2.24, 2.45) is 0 Å². The summed E-state index contributed by atoms with van der Waals surface area (Å²) < 4.78 is 5.53. The van der Waals surface area contributed by atoms with Crippen LogP contribution in [-0.4, -0.2) is 7.05 Å². The van der Waals surface area contributed by atoms with Crippen molar-refractivity contribution >= 4 is 11.4 Å². The van der Waals surface area contributed by atoms with Crippen LogP contribution in [0.1, 0.15) is 11.5 Å². The molecule has 2 aromatic rings. The highest BCUT2D eigenvalue weighted by atomic mass is 16.3. The molecule has 0 saturated heterocycles. The van der Waals surface area contributed by atoms with E-state index in [9.17, 15) is 0 Å². The van der Waals surface area contributed by atoms with Gasteiger partial charge in [0.2, 0.25) is 0 Å². The molecule has 2 rings (SSSR count). The smallest absolute Gasteiger partial charge is 0.123 e. The zero-order chi connectivity index (χ0) is 11.5. The highest BCUT2D eigenvalue weighted by Crippen LogP contribution is 2.18. The molecule has 0 aliphatic carbocycles. The van der Waals surface area contributed by atoms with Crippen LogP contribution in [0.2, 0.25) is 0 Å². The van der Waals surface area contributed by atoms with Crippen LogP contribution in [0.25, 0.3) is 0 Å². The molecule has 2 N–H and O–H groups in total. The second-order valence-corrected chi connectivity index (χ2v) is 3.96. The Bertz CT molecular complexity index is 459. The van der Waals surface area contributed by atoms with Gasteiger partial charge < -0.3 is 15.1 Å². The zero-order valence-electron chi connectivity index (χ0n) is 9.60. The van der Waals surface area contributed by atoms with Gasteiger partial charge in [-0.15, -0.1) is 0 Å². The van der Waals surface area contributed by atoms with Crippen LogP contribution in [0.5, 0.6) is 0 Å². The SMILES string of the molecule is Cc1ccc(CN(C)c2ccc(N)cc2)o1. The zero-order valence-corrected chi connectivity index (χ0v) is 9.60. The van der Waals surface area contributed by atoms with Crippen molar-refractivity contribution in [2.45, 2.75) is 13.5 Å². The molecule has 0 spiro atoms. The Kier molecular flexibility index (Phi) is 2.86. The number of nitrogens with two attached hydrogens (primary N) is 1. The quantitative estimate of drug-likeness (QED) is 0.802. The molecular weight excluding hydrogens is 200 g/mol. The molecule has 3 nitrogen and oxygen atoms in total. The number of nitrogen functional groups attached to an aromatic ring is 1. The Balaban J connectivity index is 2.08. The van der Waals surface area contributed by atoms with Gasteiger partial charge in [-0.3, -0.25) is 0 Å². The lowest BCUT2D eigenvalue weighted by atomic mass is 10.2. The van der Waals surface area contributed by atoms with Crippen LogP contribution in [-0.2, 0) is 6.54 Å². The van der Waals surface area contributed by atoms with E-state index in [-0.39, 0.29) is 0 Å². The molecule has 0 unspecified atom stereocenters. The van der Waals surface area contributed by atoms with Crippen LogP contribution in [0.15, 0.2) is 40.8 Å². The summed E-state index contributed by atoms with van der Waals surface area (Å²) in [6.07, 6.45) is 0. The number of nitrogens with zero attached hydrogens (tertiary/aromatic N) is 1. The highest BCUT2D eigenvalue weighted by molar-refractivity contribution is 5.52. The molecule has 0 aliphatic heterocycles. The first kappa shape index (κ1) is 10.6. The first-order chi connectivity index (χ1) is 7.65. The van der Waals surface area contributed by atoms with E-state index in [2.05, 4.69) is 4.90 Å². The van der Waals surface area contributed by atoms with E-state index in [0.717, 1.165) is 29.4 Å². The van der Waals surface area contributed by atoms with E-state index in [0.29, 0.717) is 0 Å². The number of benzene rings is 1. The van der Waals surface area contributed by atoms with Crippen molar-refractivity contribution in [3.05, 3.63) is 47.9 Å². The topological polar surface area (TPSA) is 42.4 Å². The van der Waals surface area contributed by atoms with Gasteiger partial charge in [-0.05, 0) is 43.3 Å². The molecule has 16 heavy (non-hydrogen) atoms. The minimum atomic E-state index is 0.762. The van der Waals surface area contributed by atoms with Crippen molar-refractivity contribution in [3.8, 4) is 0 Å². The van der Waals surface area contributed by atoms with Gasteiger partial charge in [-0.2, -0.15) is 0 Å². The second-order valence-electron chi connectivity index (χ2n) is 3.96. The van der Waals surface area contributed by atoms with E-state index in [1.165, 1.54) is 0 Å². The number of anilines is 2. The summed E-state index contributed by atoms with van der Waals surface area (Å²) in [5.74, 6) is 1.91. The number of aryl methyl sites for hydroxylation is 1. The third-order valence-corrected chi connectivity index (χ3v) is 2.52. The van der Waals surface area contributed by atoms with Gasteiger partial charge in [-0.25, -0.2) is 0 Å². The van der Waals surface area contributed by atoms with E-state index in [1.54, 1.807) is 0 Å². The van der Waals surface area contributed by atoms with Crippen molar-refractivity contribution in [3.63, 3.8) is 0 Å². The van der Waals surface area contributed by atoms with E-state index in [4.69, 9.17) is 10.2 Å². The monoisotopic (exact) mass is 216 g/mol. The van der Waals surface area contributed by atoms with Crippen molar-refractivity contribution in [1.29, 1.82) is 0 Å². The van der Waals surface area contributed by atoms with Gasteiger partial charge >= 0.3 is 0 Å². The Morgan fingerprint density at radius 1 is 1.12 bits per heavy atom. The Morgan fingerprint density at radius 3 is 2.38 bits per heavy atom. The molecule has 1 aromatic carbocycles. The van der Waals surface area contributed by atoms with Crippen molar-refractivity contribution in [1.82, 2.24) is 0 Å². The Hall–Kier alpha value is -1.90. The summed E-state index contributed by atoms with van der Waals surface area (Å²) in [4.78, 5) is 2.12. The molecule has 1 heterocycles. The fourth-order valence-electron chi connectivity index (χ4n) is 1.62. The van der Waals surface area contributed by atoms with Crippen molar-refractivity contribution in [2.75, 3.05) is 17.7 Å². The summed E-state index contributed by atoms with van der Waals surface area (Å²) in [6.45, 7) is 2.71. The number of hydrogen-bond acceptors (Lipinski definition) is 3. The maximum atomic E-state index is 5.65. The highest BCUT2D eigenvalue weighted by Gasteiger charge is 2.04. The van der Waals surface area contributed by atoms with Gasteiger partial charge in [-0.1, -0.05) is 0 Å². The molecule has 0 amide bonds. The van der Waals surface area contributed by atoms with Crippen LogP contribution in [0.3, 0.4) is 0 Å². The predicted molar refractivity (Wildman–Crippen MR) is 66.4 cm³/mol. The van der Waals surface area contributed by atoms with Crippen LogP contribution in [0, 0.1) is 6.92 Å². The molecule has 1 aromatic heterocycles. The van der Waals surface area contributed by atoms with Gasteiger partial charge in [0.25, 0.3) is 0 Å². The molecule has 0 atom stereocenters. The average molecular weight is 216 g/mol. The Labute approximate surface area is 95.5 Å². The predicted octanol–water partition coefficient (Wildman–Crippen LogP) is 2.81. The lowest BCUT2D eigenvalue weighted by Crippen LogP contribution is -2.15. The van der Waals surface area contributed by atoms with Crippen LogP contribution in [0.4, 0.5) is 11.4 Å². The molecular formula is C13H16N2O. The summed E-state index contributed by atoms with van der Waals surface area (Å²) >= 11 is 0. The fraction of sp³-hybridized carbons (Fsp3) is 0.231. The third-order valence-electron chi connectivity index (χ3n) is 2.52. The summed E-state index contributed by atoms with van der Waals surface area (Å²) in [6, 6.07) is 11.8. The number of hydrogen-bond donors (Lipinski definition) is 1. The van der Waals surface area contributed by atoms with Gasteiger partial charge in [0, 0.05) is 18.4 Å². The number of furan rings is 1. The lowest BCUT2D eigenvalue weighted by molar-refractivity contribution is 0.482. The normalized spacial score (nSPS) is 10.4. The van der Waals surface area contributed by atoms with Crippen LogP contribution < -0.4 is 10.6 Å².